The summed E-state index contributed by atoms with van der Waals surface area (Å²) in [5.41, 5.74) is 29.5. The first-order valence-electron chi connectivity index (χ1n) is 38.6. The molecule has 0 N–H and O–H groups in total. The molecule has 0 bridgehead atoms. The fourth-order valence-electron chi connectivity index (χ4n) is 17.0. The van der Waals surface area contributed by atoms with E-state index in [2.05, 4.69) is 359 Å². The Morgan fingerprint density at radius 3 is 1.12 bits per heavy atom. The molecule has 0 aliphatic heterocycles. The second-order valence-electron chi connectivity index (χ2n) is 29.2. The van der Waals surface area contributed by atoms with Crippen LogP contribution in [-0.2, 0) is 0 Å². The molecule has 0 radical (unpaired) electrons. The molecule has 4 heterocycles. The zero-order valence-electron chi connectivity index (χ0n) is 61.8. The number of hydrogen-bond donors (Lipinski definition) is 0. The van der Waals surface area contributed by atoms with Crippen LogP contribution < -0.4 is 9.80 Å². The van der Waals surface area contributed by atoms with Crippen molar-refractivity contribution in [2.75, 3.05) is 9.80 Å². The Morgan fingerprint density at radius 1 is 0.228 bits per heavy atom. The van der Waals surface area contributed by atoms with Crippen LogP contribution in [-0.4, -0.2) is 19.1 Å². The van der Waals surface area contributed by atoms with E-state index in [1.807, 2.05) is 72.8 Å². The van der Waals surface area contributed by atoms with Crippen LogP contribution in [0.4, 0.5) is 34.1 Å². The average Bonchev–Trinajstić information content (AvgIpc) is 1.58. The van der Waals surface area contributed by atoms with Gasteiger partial charge in [-0.2, -0.15) is 0 Å². The molecule has 534 valence electrons. The molecule has 0 aliphatic rings. The Bertz CT molecular complexity index is 7360. The van der Waals surface area contributed by atoms with Gasteiger partial charge in [-0.15, -0.1) is 0 Å². The van der Waals surface area contributed by atoms with Crippen molar-refractivity contribution in [1.82, 2.24) is 19.1 Å². The summed E-state index contributed by atoms with van der Waals surface area (Å²) in [5, 5.41) is 9.16. The summed E-state index contributed by atoms with van der Waals surface area (Å²) in [5.74, 6) is 1.23. The summed E-state index contributed by atoms with van der Waals surface area (Å²) in [6.45, 7) is 0. The average molecular weight is 1460 g/mol. The van der Waals surface area contributed by atoms with Crippen LogP contribution >= 0.6 is 0 Å². The molecule has 0 aliphatic carbocycles. The molecule has 0 atom stereocenters. The van der Waals surface area contributed by atoms with Gasteiger partial charge in [0.15, 0.2) is 11.2 Å². The van der Waals surface area contributed by atoms with Crippen LogP contribution in [0.25, 0.3) is 177 Å². The number of oxazole rings is 2. The minimum atomic E-state index is 0.616. The van der Waals surface area contributed by atoms with Crippen LogP contribution in [0.2, 0.25) is 0 Å². The second-order valence-corrected chi connectivity index (χ2v) is 29.2. The van der Waals surface area contributed by atoms with Gasteiger partial charge >= 0.3 is 0 Å². The van der Waals surface area contributed by atoms with Gasteiger partial charge in [-0.25, -0.2) is 9.97 Å². The highest BCUT2D eigenvalue weighted by molar-refractivity contribution is 6.16. The van der Waals surface area contributed by atoms with Crippen molar-refractivity contribution in [1.29, 1.82) is 0 Å². The summed E-state index contributed by atoms with van der Waals surface area (Å²) in [4.78, 5) is 14.6. The molecule has 0 spiro atoms. The maximum absolute atomic E-state index is 6.53. The summed E-state index contributed by atoms with van der Waals surface area (Å²) in [6.07, 6.45) is 0. The van der Waals surface area contributed by atoms with Crippen LogP contribution in [0.15, 0.2) is 421 Å². The van der Waals surface area contributed by atoms with Crippen molar-refractivity contribution in [3.63, 3.8) is 0 Å². The fraction of sp³-hybridized carbons (Fsp3) is 0. The van der Waals surface area contributed by atoms with E-state index < -0.39 is 0 Å². The number of nitrogens with zero attached hydrogens (tertiary/aromatic N) is 6. The van der Waals surface area contributed by atoms with Gasteiger partial charge in [-0.1, -0.05) is 237 Å². The number of rotatable bonds is 15. The number of aromatic nitrogens is 4. The Morgan fingerprint density at radius 2 is 0.588 bits per heavy atom. The minimum absolute atomic E-state index is 0.616. The highest BCUT2D eigenvalue weighted by atomic mass is 16.4. The number of benzene rings is 18. The zero-order chi connectivity index (χ0) is 75.2. The molecule has 8 heteroatoms. The van der Waals surface area contributed by atoms with E-state index in [0.29, 0.717) is 11.8 Å². The normalized spacial score (nSPS) is 11.7. The zero-order valence-corrected chi connectivity index (χ0v) is 61.8. The van der Waals surface area contributed by atoms with Gasteiger partial charge in [0.1, 0.15) is 11.0 Å². The lowest BCUT2D eigenvalue weighted by molar-refractivity contribution is 0.620. The van der Waals surface area contributed by atoms with Gasteiger partial charge < -0.3 is 27.8 Å². The van der Waals surface area contributed by atoms with E-state index in [1.54, 1.807) is 0 Å². The van der Waals surface area contributed by atoms with Gasteiger partial charge in [0.25, 0.3) is 0 Å². The lowest BCUT2D eigenvalue weighted by Gasteiger charge is -2.26. The first-order valence-corrected chi connectivity index (χ1v) is 38.6. The molecule has 114 heavy (non-hydrogen) atoms. The largest absolute Gasteiger partial charge is 0.436 e. The minimum Gasteiger partial charge on any atom is -0.436 e. The van der Waals surface area contributed by atoms with Gasteiger partial charge in [0.2, 0.25) is 11.8 Å². The maximum atomic E-state index is 6.53. The predicted molar refractivity (Wildman–Crippen MR) is 473 cm³/mol. The first-order chi connectivity index (χ1) is 56.5. The van der Waals surface area contributed by atoms with Crippen molar-refractivity contribution < 1.29 is 8.83 Å². The lowest BCUT2D eigenvalue weighted by atomic mass is 9.95. The van der Waals surface area contributed by atoms with Crippen LogP contribution in [0.1, 0.15) is 0 Å². The van der Waals surface area contributed by atoms with Crippen molar-refractivity contribution in [3.8, 4) is 89.9 Å². The Labute approximate surface area is 657 Å². The molecular weight excluding hydrogens is 1390 g/mol. The highest BCUT2D eigenvalue weighted by Gasteiger charge is 2.23. The first kappa shape index (κ1) is 65.7. The van der Waals surface area contributed by atoms with Gasteiger partial charge in [-0.05, 0) is 242 Å². The van der Waals surface area contributed by atoms with E-state index in [9.17, 15) is 0 Å². The number of para-hydroxylation sites is 3. The monoisotopic (exact) mass is 1460 g/mol. The standard InChI is InChI=1S/C106H68N6O2/c1-4-18-69(19-5-1)70-38-48-82(49-39-70)109(84-52-42-72(43-53-84)79-36-34-74-47-65-101-103(94(74)67-79)108-106(113-101)77-22-8-3-9-23-77)87-58-62-89(63-59-87)112-99-32-15-12-28-93(99)102-90(29-17-33-100(102)112)81-25-16-24-78(66-81)71-40-50-83(51-41-71)110(86-56-60-88(61-57-86)111-97-30-13-10-26-91(97)92-27-11-14-31-98(92)111)85-54-44-73(45-55-85)80-37-35-75-46-64-96-104(95(75)68-80)114-105(107-96)76-20-6-2-7-21-76/h1-68H. The third kappa shape index (κ3) is 11.5. The number of fused-ring (bicyclic) bond motifs is 12. The Hall–Kier alpha value is -15.4. The van der Waals surface area contributed by atoms with Crippen LogP contribution in [0.3, 0.4) is 0 Å². The summed E-state index contributed by atoms with van der Waals surface area (Å²) >= 11 is 0. The van der Waals surface area contributed by atoms with Crippen molar-refractivity contribution in [2.24, 2.45) is 0 Å². The van der Waals surface area contributed by atoms with Gasteiger partial charge in [-0.3, -0.25) is 0 Å². The third-order valence-corrected chi connectivity index (χ3v) is 22.6. The highest BCUT2D eigenvalue weighted by Crippen LogP contribution is 2.45. The van der Waals surface area contributed by atoms with Crippen molar-refractivity contribution in [3.05, 3.63) is 413 Å². The molecule has 0 saturated carbocycles. The molecule has 0 saturated heterocycles. The van der Waals surface area contributed by atoms with E-state index in [1.165, 1.54) is 43.7 Å². The van der Waals surface area contributed by atoms with Crippen LogP contribution in [0.5, 0.6) is 0 Å². The second kappa shape index (κ2) is 27.3. The topological polar surface area (TPSA) is 68.4 Å². The van der Waals surface area contributed by atoms with Gasteiger partial charge in [0.05, 0.1) is 22.1 Å². The molecule has 4 aromatic heterocycles. The summed E-state index contributed by atoms with van der Waals surface area (Å²) < 4.78 is 17.6. The predicted octanol–water partition coefficient (Wildman–Crippen LogP) is 29.1. The molecule has 22 aromatic rings. The quantitative estimate of drug-likeness (QED) is 0.102. The third-order valence-electron chi connectivity index (χ3n) is 22.6. The lowest BCUT2D eigenvalue weighted by Crippen LogP contribution is -2.10. The number of hydrogen-bond acceptors (Lipinski definition) is 6. The van der Waals surface area contributed by atoms with E-state index in [-0.39, 0.29) is 0 Å². The molecule has 0 unspecified atom stereocenters. The van der Waals surface area contributed by atoms with E-state index >= 15 is 0 Å². The fourth-order valence-corrected chi connectivity index (χ4v) is 17.0. The molecule has 0 fully saturated rings. The van der Waals surface area contributed by atoms with Crippen molar-refractivity contribution >= 4 is 121 Å². The van der Waals surface area contributed by atoms with Crippen LogP contribution in [0, 0.1) is 0 Å². The molecule has 0 amide bonds. The van der Waals surface area contributed by atoms with E-state index in [4.69, 9.17) is 18.8 Å². The smallest absolute Gasteiger partial charge is 0.227 e. The summed E-state index contributed by atoms with van der Waals surface area (Å²) in [6, 6.07) is 148. The maximum Gasteiger partial charge on any atom is 0.227 e. The molecular formula is C106H68N6O2. The summed E-state index contributed by atoms with van der Waals surface area (Å²) in [7, 11) is 0. The molecule has 8 nitrogen and oxygen atoms in total. The Balaban J connectivity index is 0.587. The Kier molecular flexibility index (Phi) is 15.7. The number of anilines is 6. The molecule has 18 aromatic carbocycles. The van der Waals surface area contributed by atoms with Crippen molar-refractivity contribution in [2.45, 2.75) is 0 Å². The molecule has 22 rings (SSSR count). The van der Waals surface area contributed by atoms with Gasteiger partial charge in [0, 0.05) is 88.9 Å². The van der Waals surface area contributed by atoms with E-state index in [0.717, 1.165) is 156 Å². The SMILES string of the molecule is c1ccc(-c2ccc(N(c3ccc(-c4ccc5ccc6oc(-c7ccccc7)nc6c5c4)cc3)c3ccc(-n4c5ccccc5c5c(-c6cccc(-c7ccc(N(c8ccc(-c9ccc%10ccc%11nc(-c%12ccccc%12)oc%11c%10c9)cc8)c8ccc(-n9c%10ccccc%10c%10ccccc%109)cc8)cc7)c6)cccc54)cc3)cc2)cc1.